The van der Waals surface area contributed by atoms with Crippen LogP contribution in [0.15, 0.2) is 164 Å². The third-order valence-electron chi connectivity index (χ3n) is 10.2. The lowest BCUT2D eigenvalue weighted by atomic mass is 9.76. The molecule has 1 aliphatic heterocycles. The largest absolute Gasteiger partial charge is 0.494 e. The van der Waals surface area contributed by atoms with Crippen LogP contribution in [-0.4, -0.2) is 28.3 Å². The molecule has 1 saturated heterocycles. The Morgan fingerprint density at radius 3 is 1.37 bits per heavy atom. The Hall–Kier alpha value is -5.62. The summed E-state index contributed by atoms with van der Waals surface area (Å²) in [5.74, 6) is 0.685. The van der Waals surface area contributed by atoms with E-state index in [4.69, 9.17) is 19.3 Å². The minimum absolute atomic E-state index is 0.412. The summed E-state index contributed by atoms with van der Waals surface area (Å²) in [4.78, 5) is 10.2. The second-order valence-electron chi connectivity index (χ2n) is 14.1. The topological polar surface area (TPSA) is 44.2 Å². The van der Waals surface area contributed by atoms with Gasteiger partial charge in [-0.2, -0.15) is 0 Å². The van der Waals surface area contributed by atoms with Gasteiger partial charge in [-0.1, -0.05) is 158 Å². The zero-order valence-electron chi connectivity index (χ0n) is 29.4. The van der Waals surface area contributed by atoms with E-state index in [9.17, 15) is 0 Å². The summed E-state index contributed by atoms with van der Waals surface area (Å²) in [6.07, 6.45) is 0. The van der Waals surface area contributed by atoms with Gasteiger partial charge in [0.1, 0.15) is 0 Å². The molecule has 248 valence electrons. The van der Waals surface area contributed by atoms with Crippen molar-refractivity contribution in [3.63, 3.8) is 0 Å². The normalized spacial score (nSPS) is 14.8. The van der Waals surface area contributed by atoms with Crippen LogP contribution < -0.4 is 5.46 Å². The first-order valence-corrected chi connectivity index (χ1v) is 17.5. The minimum Gasteiger partial charge on any atom is -0.399 e. The molecule has 0 saturated carbocycles. The monoisotopic (exact) mass is 662 g/mol. The van der Waals surface area contributed by atoms with E-state index in [0.717, 1.165) is 55.8 Å². The maximum atomic E-state index is 6.42. The van der Waals surface area contributed by atoms with Crippen molar-refractivity contribution in [1.82, 2.24) is 9.97 Å². The van der Waals surface area contributed by atoms with Gasteiger partial charge in [0.2, 0.25) is 0 Å². The molecule has 0 bridgehead atoms. The van der Waals surface area contributed by atoms with E-state index in [1.54, 1.807) is 0 Å². The molecule has 6 aromatic carbocycles. The molecule has 1 aliphatic rings. The Morgan fingerprint density at radius 2 is 0.804 bits per heavy atom. The highest BCUT2D eigenvalue weighted by Gasteiger charge is 2.51. The van der Waals surface area contributed by atoms with E-state index >= 15 is 0 Å². The highest BCUT2D eigenvalue weighted by molar-refractivity contribution is 6.62. The Morgan fingerprint density at radius 1 is 0.392 bits per heavy atom. The van der Waals surface area contributed by atoms with E-state index in [-0.39, 0.29) is 0 Å². The third-order valence-corrected chi connectivity index (χ3v) is 10.2. The van der Waals surface area contributed by atoms with Crippen LogP contribution in [0.3, 0.4) is 0 Å². The number of hydrogen-bond acceptors (Lipinski definition) is 4. The van der Waals surface area contributed by atoms with E-state index in [1.165, 1.54) is 11.1 Å². The lowest BCUT2D eigenvalue weighted by molar-refractivity contribution is 0.00578. The van der Waals surface area contributed by atoms with E-state index in [2.05, 4.69) is 161 Å². The molecule has 0 unspecified atom stereocenters. The molecule has 4 nitrogen and oxygen atoms in total. The van der Waals surface area contributed by atoms with Crippen LogP contribution in [0, 0.1) is 0 Å². The molecule has 51 heavy (non-hydrogen) atoms. The summed E-state index contributed by atoms with van der Waals surface area (Å²) in [6.45, 7) is 8.35. The highest BCUT2D eigenvalue weighted by atomic mass is 16.7. The van der Waals surface area contributed by atoms with Gasteiger partial charge in [0.05, 0.1) is 22.6 Å². The lowest BCUT2D eigenvalue weighted by Crippen LogP contribution is -2.41. The average Bonchev–Trinajstić information content (AvgIpc) is 3.41. The fraction of sp³-hybridized carbons (Fsp3) is 0.130. The van der Waals surface area contributed by atoms with Crippen LogP contribution in [0.25, 0.3) is 67.3 Å². The van der Waals surface area contributed by atoms with Crippen molar-refractivity contribution < 1.29 is 9.31 Å². The zero-order chi connectivity index (χ0) is 35.0. The van der Waals surface area contributed by atoms with Crippen LogP contribution >= 0.6 is 0 Å². The summed E-state index contributed by atoms with van der Waals surface area (Å²) in [6, 6.07) is 57.0. The van der Waals surface area contributed by atoms with Gasteiger partial charge in [-0.3, -0.25) is 0 Å². The van der Waals surface area contributed by atoms with Crippen molar-refractivity contribution in [2.45, 2.75) is 38.9 Å². The van der Waals surface area contributed by atoms with Crippen LogP contribution in [0.1, 0.15) is 27.7 Å². The molecule has 0 radical (unpaired) electrons. The molecular formula is C46H39BN2O2. The average molecular weight is 663 g/mol. The summed E-state index contributed by atoms with van der Waals surface area (Å²) in [7, 11) is -0.438. The third kappa shape index (κ3) is 6.54. The van der Waals surface area contributed by atoms with Gasteiger partial charge in [0.15, 0.2) is 5.82 Å². The van der Waals surface area contributed by atoms with Gasteiger partial charge in [0.25, 0.3) is 0 Å². The fourth-order valence-corrected chi connectivity index (χ4v) is 6.54. The molecule has 1 aromatic heterocycles. The minimum atomic E-state index is -0.438. The molecule has 1 fully saturated rings. The fourth-order valence-electron chi connectivity index (χ4n) is 6.54. The van der Waals surface area contributed by atoms with Gasteiger partial charge in [-0.05, 0) is 72.6 Å². The molecule has 7 aromatic rings. The molecule has 0 aliphatic carbocycles. The van der Waals surface area contributed by atoms with Gasteiger partial charge in [-0.25, -0.2) is 9.97 Å². The first kappa shape index (κ1) is 32.6. The van der Waals surface area contributed by atoms with Gasteiger partial charge in [0, 0.05) is 16.7 Å². The second-order valence-corrected chi connectivity index (χ2v) is 14.1. The molecule has 2 heterocycles. The first-order chi connectivity index (χ1) is 24.7. The second kappa shape index (κ2) is 13.3. The van der Waals surface area contributed by atoms with E-state index in [1.807, 2.05) is 30.3 Å². The predicted octanol–water partition coefficient (Wildman–Crippen LogP) is 10.8. The van der Waals surface area contributed by atoms with Crippen molar-refractivity contribution in [2.75, 3.05) is 0 Å². The van der Waals surface area contributed by atoms with Crippen LogP contribution in [0.2, 0.25) is 0 Å². The van der Waals surface area contributed by atoms with Crippen molar-refractivity contribution in [3.8, 4) is 67.3 Å². The molecule has 5 heteroatoms. The van der Waals surface area contributed by atoms with E-state index in [0.29, 0.717) is 5.82 Å². The van der Waals surface area contributed by atoms with Crippen LogP contribution in [0.4, 0.5) is 0 Å². The molecule has 0 N–H and O–H groups in total. The Bertz CT molecular complexity index is 2270. The number of nitrogens with zero attached hydrogens (tertiary/aromatic N) is 2. The van der Waals surface area contributed by atoms with Crippen molar-refractivity contribution in [2.24, 2.45) is 0 Å². The number of aromatic nitrogens is 2. The molecular weight excluding hydrogens is 623 g/mol. The van der Waals surface area contributed by atoms with Crippen molar-refractivity contribution >= 4 is 12.6 Å². The molecule has 0 amide bonds. The standard InChI is InChI=1S/C46H39BN2O2/c1-45(2)46(3,4)51-47(50-45)39-28-29-40(41(30-39)34-16-10-6-11-17-34)35-22-26-38(27-23-35)44-48-42(36-18-12-7-13-19-36)31-43(49-44)37-24-20-33(21-25-37)32-14-8-5-9-15-32/h5-31H,1-4H3. The maximum absolute atomic E-state index is 6.42. The highest BCUT2D eigenvalue weighted by Crippen LogP contribution is 2.38. The van der Waals surface area contributed by atoms with Gasteiger partial charge >= 0.3 is 7.12 Å². The summed E-state index contributed by atoms with van der Waals surface area (Å²) in [5.41, 5.74) is 11.9. The molecule has 8 rings (SSSR count). The Labute approximate surface area is 301 Å². The van der Waals surface area contributed by atoms with E-state index < -0.39 is 18.3 Å². The lowest BCUT2D eigenvalue weighted by Gasteiger charge is -2.32. The van der Waals surface area contributed by atoms with Crippen molar-refractivity contribution in [1.29, 1.82) is 0 Å². The summed E-state index contributed by atoms with van der Waals surface area (Å²) >= 11 is 0. The SMILES string of the molecule is CC1(C)OB(c2ccc(-c3ccc(-c4nc(-c5ccccc5)cc(-c5ccc(-c6ccccc6)cc5)n4)cc3)c(-c3ccccc3)c2)OC1(C)C. The Kier molecular flexibility index (Phi) is 8.47. The number of rotatable bonds is 7. The Balaban J connectivity index is 1.16. The maximum Gasteiger partial charge on any atom is 0.494 e. The quantitative estimate of drug-likeness (QED) is 0.159. The smallest absolute Gasteiger partial charge is 0.399 e. The van der Waals surface area contributed by atoms with Crippen LogP contribution in [0.5, 0.6) is 0 Å². The van der Waals surface area contributed by atoms with Gasteiger partial charge in [-0.15, -0.1) is 0 Å². The summed E-state index contributed by atoms with van der Waals surface area (Å²) < 4.78 is 12.8. The molecule has 0 atom stereocenters. The summed E-state index contributed by atoms with van der Waals surface area (Å²) in [5, 5.41) is 0. The van der Waals surface area contributed by atoms with Crippen molar-refractivity contribution in [3.05, 3.63) is 164 Å². The molecule has 0 spiro atoms. The van der Waals surface area contributed by atoms with Gasteiger partial charge < -0.3 is 9.31 Å². The number of hydrogen-bond donors (Lipinski definition) is 0. The number of benzene rings is 6. The first-order valence-electron chi connectivity index (χ1n) is 17.5. The van der Waals surface area contributed by atoms with Crippen LogP contribution in [-0.2, 0) is 9.31 Å². The zero-order valence-corrected chi connectivity index (χ0v) is 29.4. The predicted molar refractivity (Wildman–Crippen MR) is 210 cm³/mol.